The number of nitrogens with two attached hydrogens (primary N) is 1. The molecule has 210 valence electrons. The minimum Gasteiger partial charge on any atom is -0.445 e. The number of hydrogen-bond donors (Lipinski definition) is 1. The Morgan fingerprint density at radius 2 is 1.70 bits per heavy atom. The summed E-state index contributed by atoms with van der Waals surface area (Å²) in [4.78, 5) is 21.1. The number of nitrogens with zero attached hydrogens (tertiary/aromatic N) is 6. The Bertz CT molecular complexity index is 1340. The molecule has 1 aromatic heterocycles. The van der Waals surface area contributed by atoms with Crippen LogP contribution in [0.4, 0.5) is 26.4 Å². The van der Waals surface area contributed by atoms with E-state index < -0.39 is 0 Å². The number of aromatic nitrogens is 2. The standard InChI is InChI=1S/C29H33ClFN7O2/c30-27-15-26(28(32)34-33-27)37-17-23-6-7-24(18-37)38(23)25-13-21(12-22(31)14-25)16-35-8-10-36(11-9-35)29(39)40-19-20-4-2-1-3-5-20/h1-5,12-15,23-24H,6-11,16-19H2,(H2,32,34). The molecule has 2 aromatic carbocycles. The number of hydrogen-bond acceptors (Lipinski definition) is 8. The number of rotatable bonds is 6. The van der Waals surface area contributed by atoms with E-state index >= 15 is 0 Å². The van der Waals surface area contributed by atoms with Crippen molar-refractivity contribution >= 4 is 34.9 Å². The van der Waals surface area contributed by atoms with Gasteiger partial charge < -0.3 is 25.2 Å². The lowest BCUT2D eigenvalue weighted by molar-refractivity contribution is 0.0700. The normalized spacial score (nSPS) is 21.1. The van der Waals surface area contributed by atoms with Crippen LogP contribution >= 0.6 is 11.6 Å². The molecule has 0 radical (unpaired) electrons. The fraction of sp³-hybridized carbons (Fsp3) is 0.414. The maximum atomic E-state index is 14.9. The number of anilines is 3. The number of carbonyl (C=O) groups is 1. The fourth-order valence-electron chi connectivity index (χ4n) is 6.17. The summed E-state index contributed by atoms with van der Waals surface area (Å²) in [7, 11) is 0. The molecule has 2 unspecified atom stereocenters. The molecule has 2 bridgehead atoms. The summed E-state index contributed by atoms with van der Waals surface area (Å²) < 4.78 is 20.4. The zero-order valence-electron chi connectivity index (χ0n) is 22.3. The molecule has 4 heterocycles. The Balaban J connectivity index is 1.06. The third kappa shape index (κ3) is 5.78. The Morgan fingerprint density at radius 3 is 2.42 bits per heavy atom. The lowest BCUT2D eigenvalue weighted by Crippen LogP contribution is -2.54. The van der Waals surface area contributed by atoms with Crippen molar-refractivity contribution in [2.24, 2.45) is 0 Å². The van der Waals surface area contributed by atoms with Crippen LogP contribution in [0, 0.1) is 5.82 Å². The molecule has 0 spiro atoms. The van der Waals surface area contributed by atoms with Crippen LogP contribution in [0.3, 0.4) is 0 Å². The van der Waals surface area contributed by atoms with E-state index in [0.717, 1.165) is 48.4 Å². The minimum absolute atomic E-state index is 0.230. The first-order chi connectivity index (χ1) is 19.4. The van der Waals surface area contributed by atoms with Gasteiger partial charge >= 0.3 is 6.09 Å². The third-order valence-electron chi connectivity index (χ3n) is 8.08. The first kappa shape index (κ1) is 26.6. The highest BCUT2D eigenvalue weighted by Gasteiger charge is 2.41. The third-order valence-corrected chi connectivity index (χ3v) is 8.26. The maximum Gasteiger partial charge on any atom is 0.410 e. The molecule has 6 rings (SSSR count). The fourth-order valence-corrected chi connectivity index (χ4v) is 6.32. The van der Waals surface area contributed by atoms with Gasteiger partial charge in [-0.15, -0.1) is 10.2 Å². The molecule has 0 saturated carbocycles. The van der Waals surface area contributed by atoms with Crippen molar-refractivity contribution in [2.75, 3.05) is 54.8 Å². The molecule has 11 heteroatoms. The first-order valence-corrected chi connectivity index (χ1v) is 14.1. The van der Waals surface area contributed by atoms with Gasteiger partial charge in [0.15, 0.2) is 11.0 Å². The molecule has 9 nitrogen and oxygen atoms in total. The SMILES string of the molecule is Nc1nnc(Cl)cc1N1CC2CCC(C1)N2c1cc(F)cc(CN2CCN(C(=O)OCc3ccccc3)CC2)c1. The molecule has 3 aliphatic heterocycles. The van der Waals surface area contributed by atoms with Gasteiger partial charge in [-0.3, -0.25) is 4.90 Å². The number of piperazine rings is 2. The van der Waals surface area contributed by atoms with E-state index in [9.17, 15) is 9.18 Å². The van der Waals surface area contributed by atoms with E-state index in [1.807, 2.05) is 30.3 Å². The van der Waals surface area contributed by atoms with Gasteiger partial charge in [0.25, 0.3) is 0 Å². The molecular weight excluding hydrogens is 533 g/mol. The number of benzene rings is 2. The lowest BCUT2D eigenvalue weighted by Gasteiger charge is -2.43. The van der Waals surface area contributed by atoms with Crippen LogP contribution in [-0.2, 0) is 17.9 Å². The highest BCUT2D eigenvalue weighted by Crippen LogP contribution is 2.38. The number of ether oxygens (including phenoxy) is 1. The quantitative estimate of drug-likeness (QED) is 0.476. The van der Waals surface area contributed by atoms with E-state index in [0.29, 0.717) is 43.7 Å². The molecule has 1 amide bonds. The van der Waals surface area contributed by atoms with Crippen molar-refractivity contribution in [3.05, 3.63) is 76.7 Å². The van der Waals surface area contributed by atoms with E-state index in [4.69, 9.17) is 22.1 Å². The lowest BCUT2D eigenvalue weighted by atomic mass is 10.1. The average molecular weight is 566 g/mol. The van der Waals surface area contributed by atoms with Crippen LogP contribution in [0.1, 0.15) is 24.0 Å². The van der Waals surface area contributed by atoms with Gasteiger partial charge in [-0.05, 0) is 42.2 Å². The van der Waals surface area contributed by atoms with Gasteiger partial charge in [-0.25, -0.2) is 9.18 Å². The van der Waals surface area contributed by atoms with Gasteiger partial charge in [-0.2, -0.15) is 0 Å². The zero-order chi connectivity index (χ0) is 27.6. The topological polar surface area (TPSA) is 91.1 Å². The van der Waals surface area contributed by atoms with Gasteiger partial charge in [0.1, 0.15) is 12.4 Å². The van der Waals surface area contributed by atoms with Crippen molar-refractivity contribution in [3.63, 3.8) is 0 Å². The van der Waals surface area contributed by atoms with E-state index in [1.165, 1.54) is 0 Å². The number of carbonyl (C=O) groups excluding carboxylic acids is 1. The summed E-state index contributed by atoms with van der Waals surface area (Å²) in [6, 6.07) is 17.3. The van der Waals surface area contributed by atoms with Crippen LogP contribution < -0.4 is 15.5 Å². The number of halogens is 2. The Hall–Kier alpha value is -3.63. The molecule has 0 aliphatic carbocycles. The number of fused-ring (bicyclic) bond motifs is 2. The summed E-state index contributed by atoms with van der Waals surface area (Å²) in [5.74, 6) is 0.140. The highest BCUT2D eigenvalue weighted by molar-refractivity contribution is 6.29. The molecule has 3 aromatic rings. The summed E-state index contributed by atoms with van der Waals surface area (Å²) in [5.41, 5.74) is 9.73. The maximum absolute atomic E-state index is 14.9. The van der Waals surface area contributed by atoms with Crippen LogP contribution in [0.5, 0.6) is 0 Å². The monoisotopic (exact) mass is 565 g/mol. The van der Waals surface area contributed by atoms with Crippen molar-refractivity contribution in [3.8, 4) is 0 Å². The average Bonchev–Trinajstić information content (AvgIpc) is 3.23. The minimum atomic E-state index is -0.294. The second kappa shape index (κ2) is 11.5. The van der Waals surface area contributed by atoms with Crippen LogP contribution in [0.25, 0.3) is 0 Å². The molecule has 3 fully saturated rings. The van der Waals surface area contributed by atoms with Crippen LogP contribution in [0.15, 0.2) is 54.6 Å². The van der Waals surface area contributed by atoms with E-state index in [-0.39, 0.29) is 30.6 Å². The van der Waals surface area contributed by atoms with Crippen molar-refractivity contribution in [1.82, 2.24) is 20.0 Å². The largest absolute Gasteiger partial charge is 0.445 e. The smallest absolute Gasteiger partial charge is 0.410 e. The molecule has 40 heavy (non-hydrogen) atoms. The van der Waals surface area contributed by atoms with E-state index in [1.54, 1.807) is 23.1 Å². The first-order valence-electron chi connectivity index (χ1n) is 13.7. The predicted molar refractivity (Wildman–Crippen MR) is 153 cm³/mol. The number of nitrogen functional groups attached to an aromatic ring is 1. The second-order valence-corrected chi connectivity index (χ2v) is 11.1. The Labute approximate surface area is 238 Å². The van der Waals surface area contributed by atoms with Crippen molar-refractivity contribution < 1.29 is 13.9 Å². The predicted octanol–water partition coefficient (Wildman–Crippen LogP) is 4.16. The van der Waals surface area contributed by atoms with Crippen LogP contribution in [-0.4, -0.2) is 77.4 Å². The molecule has 2 atom stereocenters. The second-order valence-electron chi connectivity index (χ2n) is 10.8. The van der Waals surface area contributed by atoms with Gasteiger partial charge in [0.05, 0.1) is 5.69 Å². The zero-order valence-corrected chi connectivity index (χ0v) is 23.0. The van der Waals surface area contributed by atoms with Gasteiger partial charge in [0.2, 0.25) is 0 Å². The van der Waals surface area contributed by atoms with Gasteiger partial charge in [-0.1, -0.05) is 41.9 Å². The summed E-state index contributed by atoms with van der Waals surface area (Å²) >= 11 is 6.09. The Kier molecular flexibility index (Phi) is 7.62. The van der Waals surface area contributed by atoms with Gasteiger partial charge in [0, 0.05) is 69.7 Å². The Morgan fingerprint density at radius 1 is 0.975 bits per heavy atom. The highest BCUT2D eigenvalue weighted by atomic mass is 35.5. The summed E-state index contributed by atoms with van der Waals surface area (Å²) in [5, 5.41) is 8.12. The van der Waals surface area contributed by atoms with E-state index in [2.05, 4.69) is 31.0 Å². The van der Waals surface area contributed by atoms with Crippen molar-refractivity contribution in [1.29, 1.82) is 0 Å². The molecule has 2 N–H and O–H groups in total. The summed E-state index contributed by atoms with van der Waals surface area (Å²) in [6.07, 6.45) is 1.76. The molecule has 3 aliphatic rings. The summed E-state index contributed by atoms with van der Waals surface area (Å²) in [6.45, 7) is 5.00. The molecular formula is C29H33ClFN7O2. The van der Waals surface area contributed by atoms with Crippen LogP contribution in [0.2, 0.25) is 5.15 Å². The molecule has 3 saturated heterocycles. The van der Waals surface area contributed by atoms with Crippen molar-refractivity contribution in [2.45, 2.75) is 38.1 Å². The number of amides is 1.